The zero-order valence-corrected chi connectivity index (χ0v) is 43.6. The highest BCUT2D eigenvalue weighted by Gasteiger charge is 2.51. The monoisotopic (exact) mass is 988 g/mol. The number of nitrogens with one attached hydrogen (secondary N) is 1. The molecule has 408 valence electrons. The number of aliphatic hydroxyl groups excluding tert-OH is 8. The van der Waals surface area contributed by atoms with Gasteiger partial charge in [0.2, 0.25) is 5.91 Å². The van der Waals surface area contributed by atoms with E-state index >= 15 is 0 Å². The van der Waals surface area contributed by atoms with Crippen LogP contribution >= 0.6 is 0 Å². The molecule has 2 rings (SSSR count). The fraction of sp³-hybridized carbons (Fsp3) is 0.945. The standard InChI is InChI=1S/C55H105NO13/c1-3-5-7-9-11-12-13-14-15-16-17-18-19-20-21-22-23-24-25-26-27-28-29-30-31-33-35-37-39-47(60)56-43(44(59)38-36-34-32-10-8-6-4-2)42-66-54-52(65)50(63)53(46(41-58)68-54)69-55-51(64)49(62)48(61)45(40-57)67-55/h36,38,43-46,48-55,57-59,61-65H,3-35,37,39-42H2,1-2H3,(H,56,60)/b38-36+. The van der Waals surface area contributed by atoms with Crippen LogP contribution in [0.2, 0.25) is 0 Å². The number of hydrogen-bond acceptors (Lipinski definition) is 13. The highest BCUT2D eigenvalue weighted by atomic mass is 16.7. The van der Waals surface area contributed by atoms with Gasteiger partial charge >= 0.3 is 0 Å². The molecular formula is C55H105NO13. The normalized spacial score (nSPS) is 26.2. The molecule has 2 saturated heterocycles. The lowest BCUT2D eigenvalue weighted by Crippen LogP contribution is -2.65. The van der Waals surface area contributed by atoms with E-state index in [1.165, 1.54) is 161 Å². The van der Waals surface area contributed by atoms with E-state index in [-0.39, 0.29) is 18.9 Å². The number of aliphatic hydroxyl groups is 8. The molecule has 2 aliphatic heterocycles. The first kappa shape index (κ1) is 63.8. The summed E-state index contributed by atoms with van der Waals surface area (Å²) in [6, 6.07) is -0.906. The lowest BCUT2D eigenvalue weighted by molar-refractivity contribution is -0.359. The second-order valence-corrected chi connectivity index (χ2v) is 20.4. The third-order valence-corrected chi connectivity index (χ3v) is 14.2. The number of ether oxygens (including phenoxy) is 4. The van der Waals surface area contributed by atoms with E-state index < -0.39 is 86.8 Å². The molecular weight excluding hydrogens is 883 g/mol. The molecule has 12 atom stereocenters. The molecule has 0 spiro atoms. The minimum atomic E-state index is -1.78. The van der Waals surface area contributed by atoms with Crippen LogP contribution in [0.4, 0.5) is 0 Å². The summed E-state index contributed by atoms with van der Waals surface area (Å²) in [7, 11) is 0. The topological polar surface area (TPSA) is 228 Å². The minimum Gasteiger partial charge on any atom is -0.394 e. The minimum absolute atomic E-state index is 0.239. The fourth-order valence-corrected chi connectivity index (χ4v) is 9.59. The van der Waals surface area contributed by atoms with Crippen molar-refractivity contribution in [2.24, 2.45) is 0 Å². The summed E-state index contributed by atoms with van der Waals surface area (Å²) in [5, 5.41) is 86.5. The molecule has 2 heterocycles. The fourth-order valence-electron chi connectivity index (χ4n) is 9.59. The predicted molar refractivity (Wildman–Crippen MR) is 272 cm³/mol. The van der Waals surface area contributed by atoms with Crippen molar-refractivity contribution in [2.45, 2.75) is 312 Å². The molecule has 2 aliphatic rings. The Morgan fingerprint density at radius 1 is 0.507 bits per heavy atom. The number of allylic oxidation sites excluding steroid dienone is 1. The Labute approximate surface area is 418 Å². The lowest BCUT2D eigenvalue weighted by atomic mass is 9.97. The van der Waals surface area contributed by atoms with Crippen molar-refractivity contribution in [3.63, 3.8) is 0 Å². The summed E-state index contributed by atoms with van der Waals surface area (Å²) in [4.78, 5) is 13.1. The van der Waals surface area contributed by atoms with Gasteiger partial charge in [-0.05, 0) is 19.3 Å². The molecule has 0 radical (unpaired) electrons. The Hall–Kier alpha value is -1.27. The Morgan fingerprint density at radius 3 is 1.33 bits per heavy atom. The number of carbonyl (C=O) groups excluding carboxylic acids is 1. The molecule has 2 fully saturated rings. The molecule has 0 aromatic heterocycles. The van der Waals surface area contributed by atoms with Crippen LogP contribution in [0.25, 0.3) is 0 Å². The van der Waals surface area contributed by atoms with Crippen LogP contribution < -0.4 is 5.32 Å². The van der Waals surface area contributed by atoms with Crippen LogP contribution in [0.1, 0.15) is 239 Å². The average Bonchev–Trinajstić information content (AvgIpc) is 3.35. The van der Waals surface area contributed by atoms with Gasteiger partial charge in [0.15, 0.2) is 12.6 Å². The zero-order chi connectivity index (χ0) is 50.3. The van der Waals surface area contributed by atoms with Gasteiger partial charge in [0, 0.05) is 6.42 Å². The smallest absolute Gasteiger partial charge is 0.220 e. The van der Waals surface area contributed by atoms with Gasteiger partial charge in [-0.3, -0.25) is 4.79 Å². The van der Waals surface area contributed by atoms with Gasteiger partial charge in [0.1, 0.15) is 48.8 Å². The second-order valence-electron chi connectivity index (χ2n) is 20.4. The van der Waals surface area contributed by atoms with Gasteiger partial charge < -0.3 is 65.1 Å². The van der Waals surface area contributed by atoms with E-state index in [2.05, 4.69) is 19.2 Å². The zero-order valence-electron chi connectivity index (χ0n) is 43.6. The van der Waals surface area contributed by atoms with E-state index in [4.69, 9.17) is 18.9 Å². The number of hydrogen-bond donors (Lipinski definition) is 9. The Bertz CT molecular complexity index is 1210. The van der Waals surface area contributed by atoms with Gasteiger partial charge in [0.25, 0.3) is 0 Å². The highest BCUT2D eigenvalue weighted by molar-refractivity contribution is 5.76. The Balaban J connectivity index is 1.62. The molecule has 12 unspecified atom stereocenters. The number of unbranched alkanes of at least 4 members (excludes halogenated alkanes) is 32. The van der Waals surface area contributed by atoms with Crippen molar-refractivity contribution in [1.29, 1.82) is 0 Å². The molecule has 0 aromatic carbocycles. The van der Waals surface area contributed by atoms with E-state index in [1.54, 1.807) is 6.08 Å². The summed E-state index contributed by atoms with van der Waals surface area (Å²) in [6.07, 6.45) is 30.3. The average molecular weight is 988 g/mol. The summed E-state index contributed by atoms with van der Waals surface area (Å²) < 4.78 is 22.6. The largest absolute Gasteiger partial charge is 0.394 e. The third kappa shape index (κ3) is 28.7. The summed E-state index contributed by atoms with van der Waals surface area (Å²) in [5.41, 5.74) is 0. The first-order chi connectivity index (χ1) is 33.6. The molecule has 14 heteroatoms. The lowest BCUT2D eigenvalue weighted by Gasteiger charge is -2.46. The van der Waals surface area contributed by atoms with Crippen molar-refractivity contribution < 1.29 is 64.6 Å². The van der Waals surface area contributed by atoms with Crippen molar-refractivity contribution in [3.8, 4) is 0 Å². The SMILES string of the molecule is CCCCCCC/C=C/C(O)C(COC1OC(CO)C(OC2OC(CO)C(O)C(O)C2O)C(O)C1O)NC(=O)CCCCCCCCCCCCCCCCCCCCCCCCCCCCCC. The Kier molecular flexibility index (Phi) is 39.0. The first-order valence-electron chi connectivity index (χ1n) is 28.4. The molecule has 14 nitrogen and oxygen atoms in total. The summed E-state index contributed by atoms with van der Waals surface area (Å²) in [6.45, 7) is 2.74. The van der Waals surface area contributed by atoms with Gasteiger partial charge in [-0.2, -0.15) is 0 Å². The van der Waals surface area contributed by atoms with Crippen molar-refractivity contribution >= 4 is 5.91 Å². The molecule has 0 aromatic rings. The van der Waals surface area contributed by atoms with Crippen LogP contribution in [0.15, 0.2) is 12.2 Å². The molecule has 1 amide bonds. The number of amides is 1. The van der Waals surface area contributed by atoms with Crippen molar-refractivity contribution in [1.82, 2.24) is 5.32 Å². The van der Waals surface area contributed by atoms with E-state index in [1.807, 2.05) is 6.08 Å². The molecule has 0 saturated carbocycles. The van der Waals surface area contributed by atoms with Gasteiger partial charge in [-0.15, -0.1) is 0 Å². The molecule has 0 aliphatic carbocycles. The quantitative estimate of drug-likeness (QED) is 0.0206. The highest BCUT2D eigenvalue weighted by Crippen LogP contribution is 2.30. The van der Waals surface area contributed by atoms with Crippen molar-refractivity contribution in [3.05, 3.63) is 12.2 Å². The van der Waals surface area contributed by atoms with Crippen LogP contribution in [0, 0.1) is 0 Å². The van der Waals surface area contributed by atoms with Crippen LogP contribution in [-0.2, 0) is 23.7 Å². The third-order valence-electron chi connectivity index (χ3n) is 14.2. The van der Waals surface area contributed by atoms with Crippen LogP contribution in [0.3, 0.4) is 0 Å². The van der Waals surface area contributed by atoms with Crippen LogP contribution in [0.5, 0.6) is 0 Å². The van der Waals surface area contributed by atoms with E-state index in [0.717, 1.165) is 51.4 Å². The maximum absolute atomic E-state index is 13.1. The molecule has 0 bridgehead atoms. The molecule has 9 N–H and O–H groups in total. The summed E-state index contributed by atoms with van der Waals surface area (Å²) in [5.74, 6) is -0.239. The Morgan fingerprint density at radius 2 is 0.899 bits per heavy atom. The second kappa shape index (κ2) is 42.1. The maximum atomic E-state index is 13.1. The van der Waals surface area contributed by atoms with Crippen LogP contribution in [-0.4, -0.2) is 140 Å². The first-order valence-corrected chi connectivity index (χ1v) is 28.4. The summed E-state index contributed by atoms with van der Waals surface area (Å²) >= 11 is 0. The van der Waals surface area contributed by atoms with Gasteiger partial charge in [0.05, 0.1) is 32.0 Å². The van der Waals surface area contributed by atoms with Gasteiger partial charge in [-0.25, -0.2) is 0 Å². The van der Waals surface area contributed by atoms with Gasteiger partial charge in [-0.1, -0.05) is 225 Å². The number of rotatable bonds is 45. The van der Waals surface area contributed by atoms with Crippen molar-refractivity contribution in [2.75, 3.05) is 19.8 Å². The molecule has 69 heavy (non-hydrogen) atoms. The van der Waals surface area contributed by atoms with E-state index in [9.17, 15) is 45.6 Å². The number of carbonyl (C=O) groups is 1. The van der Waals surface area contributed by atoms with E-state index in [0.29, 0.717) is 6.42 Å². The maximum Gasteiger partial charge on any atom is 0.220 e. The predicted octanol–water partition coefficient (Wildman–Crippen LogP) is 8.72.